The third kappa shape index (κ3) is 5.77. The van der Waals surface area contributed by atoms with Gasteiger partial charge in [-0.25, -0.2) is 4.98 Å². The second-order valence-electron chi connectivity index (χ2n) is 3.97. The van der Waals surface area contributed by atoms with Gasteiger partial charge >= 0.3 is 6.36 Å². The average Bonchev–Trinajstić information content (AvgIpc) is 2.83. The predicted molar refractivity (Wildman–Crippen MR) is 86.6 cm³/mol. The fourth-order valence-electron chi connectivity index (χ4n) is 1.46. The lowest BCUT2D eigenvalue weighted by molar-refractivity contribution is -0.274. The number of anilines is 1. The molecule has 122 valence electrons. The molecule has 2 rings (SSSR count). The first-order valence-electron chi connectivity index (χ1n) is 5.82. The number of alkyl halides is 3. The van der Waals surface area contributed by atoms with E-state index in [1.165, 1.54) is 28.8 Å². The molecule has 0 bridgehead atoms. The first-order valence-corrected chi connectivity index (χ1v) is 7.90. The third-order valence-corrected chi connectivity index (χ3v) is 3.83. The minimum Gasteiger partial charge on any atom is -0.406 e. The summed E-state index contributed by atoms with van der Waals surface area (Å²) >= 11 is 9.28. The van der Waals surface area contributed by atoms with Crippen LogP contribution in [0.3, 0.4) is 0 Å². The van der Waals surface area contributed by atoms with Crippen LogP contribution in [0, 0.1) is 0 Å². The molecule has 1 aromatic heterocycles. The lowest BCUT2D eigenvalue weighted by Gasteiger charge is -2.12. The normalized spacial score (nSPS) is 11.0. The van der Waals surface area contributed by atoms with E-state index in [2.05, 4.69) is 36.3 Å². The summed E-state index contributed by atoms with van der Waals surface area (Å²) in [4.78, 5) is 15.7. The van der Waals surface area contributed by atoms with E-state index in [0.717, 1.165) is 12.1 Å². The van der Waals surface area contributed by atoms with Crippen molar-refractivity contribution >= 4 is 56.2 Å². The number of hydrogen-bond acceptors (Lipinski definition) is 5. The van der Waals surface area contributed by atoms with Gasteiger partial charge in [0.25, 0.3) is 5.91 Å². The van der Waals surface area contributed by atoms with Gasteiger partial charge in [0, 0.05) is 17.1 Å². The summed E-state index contributed by atoms with van der Waals surface area (Å²) in [6.45, 7) is 0. The zero-order chi connectivity index (χ0) is 17.0. The van der Waals surface area contributed by atoms with Crippen LogP contribution in [0.4, 0.5) is 18.9 Å². The van der Waals surface area contributed by atoms with E-state index in [-0.39, 0.29) is 16.5 Å². The minimum absolute atomic E-state index is 0.0803. The first-order chi connectivity index (χ1) is 10.7. The fraction of sp³-hybridized carbons (Fsp3) is 0.0833. The van der Waals surface area contributed by atoms with Crippen molar-refractivity contribution in [3.63, 3.8) is 0 Å². The lowest BCUT2D eigenvalue weighted by Crippen LogP contribution is -2.34. The van der Waals surface area contributed by atoms with E-state index in [1.54, 1.807) is 0 Å². The van der Waals surface area contributed by atoms with Gasteiger partial charge in [-0.05, 0) is 40.3 Å². The number of amides is 1. The van der Waals surface area contributed by atoms with Gasteiger partial charge in [-0.1, -0.05) is 6.07 Å². The molecule has 2 aromatic rings. The number of benzene rings is 1. The second kappa shape index (κ2) is 7.23. The Bertz CT molecular complexity index is 736. The highest BCUT2D eigenvalue weighted by Gasteiger charge is 2.31. The Morgan fingerprint density at radius 3 is 2.74 bits per heavy atom. The van der Waals surface area contributed by atoms with E-state index in [9.17, 15) is 18.0 Å². The number of rotatable bonds is 3. The zero-order valence-corrected chi connectivity index (χ0v) is 14.2. The van der Waals surface area contributed by atoms with E-state index in [4.69, 9.17) is 12.2 Å². The highest BCUT2D eigenvalue weighted by Crippen LogP contribution is 2.25. The first kappa shape index (κ1) is 17.6. The molecule has 0 aliphatic rings. The Morgan fingerprint density at radius 1 is 1.39 bits per heavy atom. The van der Waals surface area contributed by atoms with Crippen molar-refractivity contribution in [2.45, 2.75) is 6.36 Å². The van der Waals surface area contributed by atoms with Gasteiger partial charge in [0.1, 0.15) is 11.4 Å². The lowest BCUT2D eigenvalue weighted by atomic mass is 10.3. The summed E-state index contributed by atoms with van der Waals surface area (Å²) in [5.41, 5.74) is 0.400. The Morgan fingerprint density at radius 2 is 2.13 bits per heavy atom. The summed E-state index contributed by atoms with van der Waals surface area (Å²) in [6, 6.07) is 5.07. The minimum atomic E-state index is -4.79. The molecule has 0 aliphatic heterocycles. The molecule has 0 atom stereocenters. The number of aromatic nitrogens is 1. The topological polar surface area (TPSA) is 63.2 Å². The number of thiazole rings is 1. The number of ether oxygens (including phenoxy) is 1. The molecule has 0 fully saturated rings. The van der Waals surface area contributed by atoms with Crippen LogP contribution >= 0.6 is 39.5 Å². The number of carbonyl (C=O) groups is 1. The number of nitrogens with one attached hydrogen (secondary N) is 2. The largest absolute Gasteiger partial charge is 0.573 e. The number of hydrogen-bond donors (Lipinski definition) is 2. The van der Waals surface area contributed by atoms with Crippen LogP contribution in [0.25, 0.3) is 0 Å². The molecule has 2 N–H and O–H groups in total. The van der Waals surface area contributed by atoms with E-state index >= 15 is 0 Å². The van der Waals surface area contributed by atoms with Crippen LogP contribution in [0.5, 0.6) is 5.75 Å². The number of thiocarbonyl (C=S) groups is 1. The van der Waals surface area contributed by atoms with Crippen molar-refractivity contribution in [3.8, 4) is 5.75 Å². The highest BCUT2D eigenvalue weighted by atomic mass is 79.9. The SMILES string of the molecule is O=C(NC(=S)Nc1cccc(OC(F)(F)F)c1)c1csc(Br)n1. The van der Waals surface area contributed by atoms with E-state index in [0.29, 0.717) is 3.92 Å². The van der Waals surface area contributed by atoms with Crippen LogP contribution in [-0.4, -0.2) is 22.4 Å². The van der Waals surface area contributed by atoms with Gasteiger partial charge in [-0.15, -0.1) is 24.5 Å². The molecule has 1 amide bonds. The molecule has 0 radical (unpaired) electrons. The Hall–Kier alpha value is -1.72. The van der Waals surface area contributed by atoms with Gasteiger partial charge in [0.05, 0.1) is 0 Å². The molecule has 23 heavy (non-hydrogen) atoms. The average molecular weight is 426 g/mol. The monoisotopic (exact) mass is 425 g/mol. The van der Waals surface area contributed by atoms with E-state index in [1.807, 2.05) is 0 Å². The standard InChI is InChI=1S/C12H7BrF3N3O2S2/c13-10-18-8(5-23-10)9(20)19-11(22)17-6-2-1-3-7(4-6)21-12(14,15)16/h1-5H,(H2,17,19,20,22). The van der Waals surface area contributed by atoms with Crippen LogP contribution in [0.2, 0.25) is 0 Å². The van der Waals surface area contributed by atoms with Gasteiger partial charge in [-0.2, -0.15) is 0 Å². The molecule has 0 aliphatic carbocycles. The van der Waals surface area contributed by atoms with Crippen molar-refractivity contribution < 1.29 is 22.7 Å². The maximum absolute atomic E-state index is 12.2. The molecule has 5 nitrogen and oxygen atoms in total. The Balaban J connectivity index is 1.97. The Labute approximate surface area is 146 Å². The van der Waals surface area contributed by atoms with Crippen molar-refractivity contribution in [3.05, 3.63) is 39.3 Å². The van der Waals surface area contributed by atoms with Crippen LogP contribution in [0.1, 0.15) is 10.5 Å². The zero-order valence-electron chi connectivity index (χ0n) is 11.0. The summed E-state index contributed by atoms with van der Waals surface area (Å²) in [7, 11) is 0. The summed E-state index contributed by atoms with van der Waals surface area (Å²) < 4.78 is 40.8. The Kier molecular flexibility index (Phi) is 5.55. The summed E-state index contributed by atoms with van der Waals surface area (Å²) in [5, 5.41) is 6.41. The third-order valence-electron chi connectivity index (χ3n) is 2.26. The van der Waals surface area contributed by atoms with Gasteiger partial charge in [0.2, 0.25) is 0 Å². The van der Waals surface area contributed by atoms with Gasteiger partial charge in [0.15, 0.2) is 9.03 Å². The molecule has 11 heteroatoms. The summed E-state index contributed by atoms with van der Waals surface area (Å²) in [6.07, 6.45) is -4.79. The molecular formula is C12H7BrF3N3O2S2. The molecule has 1 aromatic carbocycles. The van der Waals surface area contributed by atoms with Gasteiger partial charge < -0.3 is 10.1 Å². The highest BCUT2D eigenvalue weighted by molar-refractivity contribution is 9.11. The van der Waals surface area contributed by atoms with Gasteiger partial charge in [-0.3, -0.25) is 10.1 Å². The smallest absolute Gasteiger partial charge is 0.406 e. The van der Waals surface area contributed by atoms with Crippen molar-refractivity contribution in [2.24, 2.45) is 0 Å². The maximum Gasteiger partial charge on any atom is 0.573 e. The molecule has 0 unspecified atom stereocenters. The number of carbonyl (C=O) groups excluding carboxylic acids is 1. The van der Waals surface area contributed by atoms with E-state index < -0.39 is 18.0 Å². The maximum atomic E-state index is 12.2. The molecular weight excluding hydrogens is 419 g/mol. The quantitative estimate of drug-likeness (QED) is 0.729. The molecule has 0 spiro atoms. The number of nitrogens with zero attached hydrogens (tertiary/aromatic N) is 1. The van der Waals surface area contributed by atoms with Crippen LogP contribution < -0.4 is 15.4 Å². The van der Waals surface area contributed by atoms with Crippen molar-refractivity contribution in [2.75, 3.05) is 5.32 Å². The number of halogens is 4. The summed E-state index contributed by atoms with van der Waals surface area (Å²) in [5.74, 6) is -0.938. The fourth-order valence-corrected chi connectivity index (χ4v) is 2.66. The molecule has 0 saturated heterocycles. The van der Waals surface area contributed by atoms with Crippen LogP contribution in [0.15, 0.2) is 33.6 Å². The van der Waals surface area contributed by atoms with Crippen molar-refractivity contribution in [1.29, 1.82) is 0 Å². The van der Waals surface area contributed by atoms with Crippen LogP contribution in [-0.2, 0) is 0 Å². The molecule has 0 saturated carbocycles. The molecule has 1 heterocycles. The predicted octanol–water partition coefficient (Wildman–Crippen LogP) is 3.93. The van der Waals surface area contributed by atoms with Crippen molar-refractivity contribution in [1.82, 2.24) is 10.3 Å². The second-order valence-corrected chi connectivity index (χ2v) is 6.51.